The molecule has 1 aromatic rings. The minimum atomic E-state index is -0.355. The van der Waals surface area contributed by atoms with Crippen LogP contribution in [0.5, 0.6) is 5.75 Å². The third-order valence-corrected chi connectivity index (χ3v) is 1.68. The van der Waals surface area contributed by atoms with Crippen molar-refractivity contribution >= 4 is 22.6 Å². The number of hydrogen-bond acceptors (Lipinski definition) is 2. The number of ether oxygens (including phenoxy) is 1. The van der Waals surface area contributed by atoms with Gasteiger partial charge in [-0.2, -0.15) is 0 Å². The van der Waals surface area contributed by atoms with Gasteiger partial charge in [0.25, 0.3) is 0 Å². The van der Waals surface area contributed by atoms with Crippen LogP contribution < -0.4 is 4.74 Å². The normalized spacial score (nSPS) is 9.73. The molecule has 0 N–H and O–H groups in total. The summed E-state index contributed by atoms with van der Waals surface area (Å²) in [4.78, 5) is 3.88. The van der Waals surface area contributed by atoms with E-state index >= 15 is 0 Å². The predicted molar refractivity (Wildman–Crippen MR) is 48.1 cm³/mol. The van der Waals surface area contributed by atoms with Crippen molar-refractivity contribution in [1.29, 1.82) is 0 Å². The smallest absolute Gasteiger partial charge is 0.173 e. The van der Waals surface area contributed by atoms with Crippen molar-refractivity contribution < 1.29 is 9.13 Å². The summed E-state index contributed by atoms with van der Waals surface area (Å²) in [6.45, 7) is 2.26. The maximum atomic E-state index is 12.9. The summed E-state index contributed by atoms with van der Waals surface area (Å²) < 4.78 is 18.4. The van der Waals surface area contributed by atoms with E-state index in [4.69, 9.17) is 4.74 Å². The van der Waals surface area contributed by atoms with E-state index in [1.165, 1.54) is 12.3 Å². The van der Waals surface area contributed by atoms with Crippen LogP contribution in [0.25, 0.3) is 0 Å². The third-order valence-electron chi connectivity index (χ3n) is 1.09. The lowest BCUT2D eigenvalue weighted by molar-refractivity contribution is 0.319. The lowest BCUT2D eigenvalue weighted by atomic mass is 10.4. The zero-order valence-corrected chi connectivity index (χ0v) is 8.13. The summed E-state index contributed by atoms with van der Waals surface area (Å²) in [5.74, 6) is -0.140. The van der Waals surface area contributed by atoms with E-state index in [-0.39, 0.29) is 11.6 Å². The Morgan fingerprint density at radius 2 is 2.45 bits per heavy atom. The van der Waals surface area contributed by atoms with E-state index < -0.39 is 0 Å². The summed E-state index contributed by atoms with van der Waals surface area (Å²) in [6.07, 6.45) is 1.39. The van der Waals surface area contributed by atoms with Gasteiger partial charge in [0.1, 0.15) is 3.70 Å². The fraction of sp³-hybridized carbons (Fsp3) is 0.286. The van der Waals surface area contributed by atoms with E-state index in [2.05, 4.69) is 4.98 Å². The Labute approximate surface area is 77.9 Å². The molecule has 0 saturated heterocycles. The number of nitrogens with zero attached hydrogens (tertiary/aromatic N) is 1. The molecule has 2 nitrogen and oxygen atoms in total. The SMILES string of the molecule is CCOc1cnc(I)cc1F. The Morgan fingerprint density at radius 3 is 3.00 bits per heavy atom. The molecular weight excluding hydrogens is 260 g/mol. The first kappa shape index (κ1) is 8.70. The van der Waals surface area contributed by atoms with Crippen LogP contribution in [0.4, 0.5) is 4.39 Å². The highest BCUT2D eigenvalue weighted by Gasteiger charge is 2.02. The lowest BCUT2D eigenvalue weighted by Crippen LogP contribution is -1.96. The molecule has 1 heterocycles. The second-order valence-electron chi connectivity index (χ2n) is 1.87. The van der Waals surface area contributed by atoms with Gasteiger partial charge in [-0.05, 0) is 29.5 Å². The summed E-state index contributed by atoms with van der Waals surface area (Å²) in [5.41, 5.74) is 0. The fourth-order valence-electron chi connectivity index (χ4n) is 0.657. The molecule has 0 amide bonds. The van der Waals surface area contributed by atoms with Crippen LogP contribution in [-0.4, -0.2) is 11.6 Å². The van der Waals surface area contributed by atoms with E-state index in [1.807, 2.05) is 22.6 Å². The number of pyridine rings is 1. The Balaban J connectivity index is 2.90. The van der Waals surface area contributed by atoms with Crippen LogP contribution in [0.1, 0.15) is 6.92 Å². The maximum Gasteiger partial charge on any atom is 0.173 e. The average Bonchev–Trinajstić information content (AvgIpc) is 1.95. The monoisotopic (exact) mass is 267 g/mol. The topological polar surface area (TPSA) is 22.1 Å². The second-order valence-corrected chi connectivity index (χ2v) is 2.98. The Kier molecular flexibility index (Phi) is 3.04. The van der Waals surface area contributed by atoms with Crippen molar-refractivity contribution in [3.63, 3.8) is 0 Å². The molecule has 0 aliphatic rings. The molecule has 4 heteroatoms. The van der Waals surface area contributed by atoms with Gasteiger partial charge in [-0.25, -0.2) is 9.37 Å². The van der Waals surface area contributed by atoms with Crippen LogP contribution in [0.15, 0.2) is 12.3 Å². The molecule has 0 bridgehead atoms. The maximum absolute atomic E-state index is 12.9. The third kappa shape index (κ3) is 2.28. The molecule has 1 aromatic heterocycles. The van der Waals surface area contributed by atoms with Crippen LogP contribution >= 0.6 is 22.6 Å². The zero-order valence-electron chi connectivity index (χ0n) is 5.97. The first-order valence-electron chi connectivity index (χ1n) is 3.18. The van der Waals surface area contributed by atoms with Gasteiger partial charge < -0.3 is 4.74 Å². The van der Waals surface area contributed by atoms with E-state index in [0.29, 0.717) is 10.3 Å². The van der Waals surface area contributed by atoms with Crippen LogP contribution in [0.2, 0.25) is 0 Å². The van der Waals surface area contributed by atoms with Gasteiger partial charge >= 0.3 is 0 Å². The minimum Gasteiger partial charge on any atom is -0.489 e. The molecule has 0 fully saturated rings. The van der Waals surface area contributed by atoms with Crippen molar-refractivity contribution in [2.75, 3.05) is 6.61 Å². The van der Waals surface area contributed by atoms with Gasteiger partial charge in [-0.1, -0.05) is 0 Å². The minimum absolute atomic E-state index is 0.216. The molecule has 0 saturated carbocycles. The molecule has 0 atom stereocenters. The van der Waals surface area contributed by atoms with Gasteiger partial charge in [-0.15, -0.1) is 0 Å². The standard InChI is InChI=1S/C7H7FINO/c1-2-11-6-4-10-7(9)3-5(6)8/h3-4H,2H2,1H3. The summed E-state index contributed by atoms with van der Waals surface area (Å²) >= 11 is 1.94. The van der Waals surface area contributed by atoms with E-state index in [0.717, 1.165) is 0 Å². The van der Waals surface area contributed by atoms with Gasteiger partial charge in [0, 0.05) is 6.07 Å². The highest BCUT2D eigenvalue weighted by atomic mass is 127. The number of rotatable bonds is 2. The van der Waals surface area contributed by atoms with E-state index in [9.17, 15) is 4.39 Å². The quantitative estimate of drug-likeness (QED) is 0.605. The Bertz CT molecular complexity index is 254. The number of halogens is 2. The van der Waals surface area contributed by atoms with Crippen molar-refractivity contribution in [3.05, 3.63) is 21.8 Å². The van der Waals surface area contributed by atoms with Gasteiger partial charge in [0.05, 0.1) is 12.8 Å². The Morgan fingerprint density at radius 1 is 1.73 bits per heavy atom. The molecule has 0 aliphatic heterocycles. The summed E-state index contributed by atoms with van der Waals surface area (Å²) in [5, 5.41) is 0. The van der Waals surface area contributed by atoms with Crippen LogP contribution in [0, 0.1) is 9.52 Å². The first-order valence-corrected chi connectivity index (χ1v) is 4.25. The molecule has 0 radical (unpaired) electrons. The summed E-state index contributed by atoms with van der Waals surface area (Å²) in [7, 11) is 0. The average molecular weight is 267 g/mol. The number of aromatic nitrogens is 1. The van der Waals surface area contributed by atoms with Crippen molar-refractivity contribution in [2.45, 2.75) is 6.92 Å². The first-order chi connectivity index (χ1) is 5.24. The molecule has 0 aromatic carbocycles. The number of hydrogen-bond donors (Lipinski definition) is 0. The molecule has 1 rings (SSSR count). The van der Waals surface area contributed by atoms with Crippen molar-refractivity contribution in [1.82, 2.24) is 4.98 Å². The molecule has 11 heavy (non-hydrogen) atoms. The molecule has 0 spiro atoms. The lowest BCUT2D eigenvalue weighted by Gasteiger charge is -2.02. The van der Waals surface area contributed by atoms with Gasteiger partial charge in [0.15, 0.2) is 11.6 Å². The Hall–Kier alpha value is -0.390. The highest BCUT2D eigenvalue weighted by Crippen LogP contribution is 2.16. The molecule has 60 valence electrons. The predicted octanol–water partition coefficient (Wildman–Crippen LogP) is 2.22. The zero-order chi connectivity index (χ0) is 8.27. The van der Waals surface area contributed by atoms with Gasteiger partial charge in [0.2, 0.25) is 0 Å². The van der Waals surface area contributed by atoms with Crippen LogP contribution in [0.3, 0.4) is 0 Å². The van der Waals surface area contributed by atoms with E-state index in [1.54, 1.807) is 6.92 Å². The van der Waals surface area contributed by atoms with Crippen molar-refractivity contribution in [3.8, 4) is 5.75 Å². The van der Waals surface area contributed by atoms with Crippen LogP contribution in [-0.2, 0) is 0 Å². The van der Waals surface area contributed by atoms with Gasteiger partial charge in [-0.3, -0.25) is 0 Å². The molecule has 0 unspecified atom stereocenters. The molecular formula is C7H7FINO. The van der Waals surface area contributed by atoms with Crippen molar-refractivity contribution in [2.24, 2.45) is 0 Å². The summed E-state index contributed by atoms with van der Waals surface area (Å²) in [6, 6.07) is 1.34. The second kappa shape index (κ2) is 3.85. The largest absolute Gasteiger partial charge is 0.489 e. The molecule has 0 aliphatic carbocycles. The fourth-order valence-corrected chi connectivity index (χ4v) is 1.07. The highest BCUT2D eigenvalue weighted by molar-refractivity contribution is 14.1.